The van der Waals surface area contributed by atoms with Gasteiger partial charge in [-0.1, -0.05) is 47.5 Å². The van der Waals surface area contributed by atoms with E-state index < -0.39 is 0 Å². The molecule has 0 aliphatic rings. The summed E-state index contributed by atoms with van der Waals surface area (Å²) < 4.78 is 0. The molecule has 0 heterocycles. The van der Waals surface area contributed by atoms with Crippen molar-refractivity contribution in [3.05, 3.63) is 79.9 Å². The number of halogens is 2. The van der Waals surface area contributed by atoms with Gasteiger partial charge < -0.3 is 5.32 Å². The molecule has 3 nitrogen and oxygen atoms in total. The van der Waals surface area contributed by atoms with Gasteiger partial charge in [0.05, 0.1) is 21.3 Å². The Balaban J connectivity index is 2.37. The Kier molecular flexibility index (Phi) is 5.97. The van der Waals surface area contributed by atoms with E-state index in [9.17, 15) is 9.59 Å². The highest BCUT2D eigenvalue weighted by molar-refractivity contribution is 6.42. The summed E-state index contributed by atoms with van der Waals surface area (Å²) in [5, 5.41) is 3.73. The number of rotatable bonds is 5. The van der Waals surface area contributed by atoms with Crippen LogP contribution in [0.4, 0.5) is 5.69 Å². The van der Waals surface area contributed by atoms with Crippen molar-refractivity contribution in [2.24, 2.45) is 0 Å². The normalized spacial score (nSPS) is 10.7. The monoisotopic (exact) mass is 347 g/mol. The van der Waals surface area contributed by atoms with Gasteiger partial charge in [-0.05, 0) is 42.8 Å². The SMILES string of the molecule is CCNc1ccccc(C(=O)C=Cc2cccc(Cl)c2Cl)c1=O. The molecular formula is C18H15Cl2NO2. The number of carbonyl (C=O) groups is 1. The third-order valence-electron chi connectivity index (χ3n) is 3.15. The molecule has 0 spiro atoms. The van der Waals surface area contributed by atoms with Gasteiger partial charge in [0.2, 0.25) is 5.43 Å². The first-order valence-corrected chi connectivity index (χ1v) is 7.83. The molecule has 0 amide bonds. The highest BCUT2D eigenvalue weighted by Gasteiger charge is 2.09. The summed E-state index contributed by atoms with van der Waals surface area (Å²) in [5.41, 5.74) is 0.784. The van der Waals surface area contributed by atoms with Gasteiger partial charge in [-0.2, -0.15) is 0 Å². The van der Waals surface area contributed by atoms with Crippen LogP contribution in [0, 0.1) is 0 Å². The van der Waals surface area contributed by atoms with E-state index in [1.54, 1.807) is 42.5 Å². The van der Waals surface area contributed by atoms with Crippen LogP contribution in [0.1, 0.15) is 22.8 Å². The molecule has 0 atom stereocenters. The number of benzene rings is 1. The van der Waals surface area contributed by atoms with Crippen LogP contribution in [-0.4, -0.2) is 12.3 Å². The summed E-state index contributed by atoms with van der Waals surface area (Å²) in [4.78, 5) is 24.7. The predicted octanol–water partition coefficient (Wildman–Crippen LogP) is 4.68. The third-order valence-corrected chi connectivity index (χ3v) is 3.99. The number of nitrogens with one attached hydrogen (secondary N) is 1. The molecule has 0 saturated carbocycles. The second kappa shape index (κ2) is 7.95. The van der Waals surface area contributed by atoms with Gasteiger partial charge in [0.1, 0.15) is 0 Å². The molecule has 0 unspecified atom stereocenters. The van der Waals surface area contributed by atoms with E-state index in [-0.39, 0.29) is 16.8 Å². The first kappa shape index (κ1) is 17.3. The Morgan fingerprint density at radius 2 is 1.87 bits per heavy atom. The number of carbonyl (C=O) groups excluding carboxylic acids is 1. The first-order valence-electron chi connectivity index (χ1n) is 7.08. The van der Waals surface area contributed by atoms with Crippen LogP contribution in [0.2, 0.25) is 10.0 Å². The number of allylic oxidation sites excluding steroid dienone is 1. The molecule has 0 fully saturated rings. The molecular weight excluding hydrogens is 333 g/mol. The van der Waals surface area contributed by atoms with Crippen molar-refractivity contribution < 1.29 is 4.79 Å². The topological polar surface area (TPSA) is 46.2 Å². The molecule has 0 aromatic heterocycles. The van der Waals surface area contributed by atoms with Gasteiger partial charge in [-0.15, -0.1) is 0 Å². The summed E-state index contributed by atoms with van der Waals surface area (Å²) in [7, 11) is 0. The minimum atomic E-state index is -0.388. The Hall–Kier alpha value is -2.10. The molecule has 23 heavy (non-hydrogen) atoms. The maximum Gasteiger partial charge on any atom is 0.212 e. The van der Waals surface area contributed by atoms with Crippen molar-refractivity contribution in [2.75, 3.05) is 11.9 Å². The number of ketones is 1. The molecule has 2 aromatic rings. The maximum absolute atomic E-state index is 12.4. The average Bonchev–Trinajstić information content (AvgIpc) is 2.71. The fourth-order valence-corrected chi connectivity index (χ4v) is 2.40. The molecule has 0 radical (unpaired) electrons. The van der Waals surface area contributed by atoms with Crippen molar-refractivity contribution in [2.45, 2.75) is 6.92 Å². The molecule has 118 valence electrons. The summed E-state index contributed by atoms with van der Waals surface area (Å²) in [6, 6.07) is 11.7. The van der Waals surface area contributed by atoms with Crippen molar-refractivity contribution in [3.8, 4) is 0 Å². The van der Waals surface area contributed by atoms with Crippen LogP contribution >= 0.6 is 23.2 Å². The molecule has 1 N–H and O–H groups in total. The lowest BCUT2D eigenvalue weighted by Crippen LogP contribution is -2.15. The van der Waals surface area contributed by atoms with Crippen molar-refractivity contribution in [3.63, 3.8) is 0 Å². The van der Waals surface area contributed by atoms with E-state index in [0.29, 0.717) is 27.8 Å². The zero-order valence-corrected chi connectivity index (χ0v) is 14.0. The lowest BCUT2D eigenvalue weighted by atomic mass is 10.1. The van der Waals surface area contributed by atoms with Crippen LogP contribution in [0.15, 0.2) is 53.3 Å². The Labute approximate surface area is 144 Å². The largest absolute Gasteiger partial charge is 0.382 e. The fraction of sp³-hybridized carbons (Fsp3) is 0.111. The third kappa shape index (κ3) is 4.21. The molecule has 0 bridgehead atoms. The minimum Gasteiger partial charge on any atom is -0.382 e. The van der Waals surface area contributed by atoms with E-state index in [1.807, 2.05) is 6.92 Å². The van der Waals surface area contributed by atoms with E-state index in [0.717, 1.165) is 0 Å². The lowest BCUT2D eigenvalue weighted by molar-refractivity contribution is 0.104. The molecule has 2 rings (SSSR count). The summed E-state index contributed by atoms with van der Waals surface area (Å²) in [5.74, 6) is -0.388. The van der Waals surface area contributed by atoms with Crippen molar-refractivity contribution >= 4 is 40.7 Å². The zero-order valence-electron chi connectivity index (χ0n) is 12.5. The average molecular weight is 348 g/mol. The first-order chi connectivity index (χ1) is 11.0. The highest BCUT2D eigenvalue weighted by atomic mass is 35.5. The molecule has 0 aliphatic carbocycles. The molecule has 5 heteroatoms. The second-order valence-electron chi connectivity index (χ2n) is 4.75. The Morgan fingerprint density at radius 3 is 2.61 bits per heavy atom. The molecule has 2 aromatic carbocycles. The fourth-order valence-electron chi connectivity index (χ4n) is 2.03. The van der Waals surface area contributed by atoms with Crippen LogP contribution < -0.4 is 10.7 Å². The predicted molar refractivity (Wildman–Crippen MR) is 96.7 cm³/mol. The standard InChI is InChI=1S/C18H15Cl2NO2/c1-2-21-15-9-4-3-7-13(18(15)23)16(22)11-10-12-6-5-8-14(19)17(12)20/h3-11H,2H2,1H3,(H,21,23). The van der Waals surface area contributed by atoms with Gasteiger partial charge in [0.15, 0.2) is 5.78 Å². The number of hydrogen-bond donors (Lipinski definition) is 1. The van der Waals surface area contributed by atoms with Crippen LogP contribution in [0.3, 0.4) is 0 Å². The quantitative estimate of drug-likeness (QED) is 0.630. The van der Waals surface area contributed by atoms with Crippen LogP contribution in [0.5, 0.6) is 0 Å². The number of anilines is 1. The van der Waals surface area contributed by atoms with E-state index >= 15 is 0 Å². The van der Waals surface area contributed by atoms with Gasteiger partial charge in [-0.25, -0.2) is 0 Å². The van der Waals surface area contributed by atoms with E-state index in [4.69, 9.17) is 23.2 Å². The smallest absolute Gasteiger partial charge is 0.212 e. The van der Waals surface area contributed by atoms with Gasteiger partial charge in [0.25, 0.3) is 0 Å². The number of hydrogen-bond acceptors (Lipinski definition) is 3. The second-order valence-corrected chi connectivity index (χ2v) is 5.53. The molecule has 0 saturated heterocycles. The summed E-state index contributed by atoms with van der Waals surface area (Å²) in [6.07, 6.45) is 2.87. The van der Waals surface area contributed by atoms with Gasteiger partial charge in [-0.3, -0.25) is 9.59 Å². The summed E-state index contributed by atoms with van der Waals surface area (Å²) >= 11 is 12.0. The van der Waals surface area contributed by atoms with Crippen LogP contribution in [-0.2, 0) is 0 Å². The van der Waals surface area contributed by atoms with E-state index in [1.165, 1.54) is 12.1 Å². The Morgan fingerprint density at radius 1 is 1.13 bits per heavy atom. The zero-order chi connectivity index (χ0) is 16.8. The van der Waals surface area contributed by atoms with Crippen molar-refractivity contribution in [1.82, 2.24) is 0 Å². The highest BCUT2D eigenvalue weighted by Crippen LogP contribution is 2.26. The van der Waals surface area contributed by atoms with Gasteiger partial charge >= 0.3 is 0 Å². The van der Waals surface area contributed by atoms with Gasteiger partial charge in [0, 0.05) is 6.54 Å². The minimum absolute atomic E-state index is 0.0975. The van der Waals surface area contributed by atoms with Crippen molar-refractivity contribution in [1.29, 1.82) is 0 Å². The van der Waals surface area contributed by atoms with Crippen LogP contribution in [0.25, 0.3) is 6.08 Å². The summed E-state index contributed by atoms with van der Waals surface area (Å²) in [6.45, 7) is 2.48. The maximum atomic E-state index is 12.4. The molecule has 0 aliphatic heterocycles. The van der Waals surface area contributed by atoms with E-state index in [2.05, 4.69) is 5.32 Å². The Bertz CT molecular complexity index is 816. The lowest BCUT2D eigenvalue weighted by Gasteiger charge is -2.00.